The normalized spacial score (nSPS) is 9.58. The predicted molar refractivity (Wildman–Crippen MR) is 71.6 cm³/mol. The third-order valence-electron chi connectivity index (χ3n) is 2.26. The van der Waals surface area contributed by atoms with Gasteiger partial charge in [-0.25, -0.2) is 4.98 Å². The number of nitrogens with one attached hydrogen (secondary N) is 1. The lowest BCUT2D eigenvalue weighted by molar-refractivity contribution is 0.0939. The van der Waals surface area contributed by atoms with Crippen LogP contribution in [0.3, 0.4) is 0 Å². The molecule has 0 aromatic carbocycles. The van der Waals surface area contributed by atoms with E-state index in [1.807, 2.05) is 6.92 Å². The van der Waals surface area contributed by atoms with E-state index in [2.05, 4.69) is 22.1 Å². The maximum atomic E-state index is 11.7. The van der Waals surface area contributed by atoms with Gasteiger partial charge in [-0.2, -0.15) is 0 Å². The molecule has 1 amide bonds. The Bertz CT molecular complexity index is 446. The smallest absolute Gasteiger partial charge is 0.269 e. The number of amides is 1. The molecule has 2 N–H and O–H groups in total. The molecule has 102 valence electrons. The van der Waals surface area contributed by atoms with Crippen molar-refractivity contribution in [2.24, 2.45) is 0 Å². The van der Waals surface area contributed by atoms with Gasteiger partial charge in [-0.15, -0.1) is 0 Å². The first kappa shape index (κ1) is 15.2. The van der Waals surface area contributed by atoms with Crippen molar-refractivity contribution in [1.82, 2.24) is 10.3 Å². The van der Waals surface area contributed by atoms with Crippen LogP contribution < -0.4 is 5.32 Å². The van der Waals surface area contributed by atoms with E-state index in [-0.39, 0.29) is 12.5 Å². The summed E-state index contributed by atoms with van der Waals surface area (Å²) in [5.41, 5.74) is 1.02. The van der Waals surface area contributed by atoms with E-state index >= 15 is 0 Å². The van der Waals surface area contributed by atoms with Gasteiger partial charge < -0.3 is 15.2 Å². The lowest BCUT2D eigenvalue weighted by Gasteiger charge is -2.04. The number of hydrogen-bond donors (Lipinski definition) is 2. The Hall–Kier alpha value is -1.90. The number of rotatable bonds is 6. The highest BCUT2D eigenvalue weighted by Crippen LogP contribution is 1.99. The summed E-state index contributed by atoms with van der Waals surface area (Å²) in [5, 5.41) is 11.3. The minimum absolute atomic E-state index is 0.192. The van der Waals surface area contributed by atoms with Crippen molar-refractivity contribution in [2.45, 2.75) is 13.3 Å². The average molecular weight is 262 g/mol. The number of aliphatic hydroxyl groups is 1. The average Bonchev–Trinajstić information content (AvgIpc) is 2.45. The number of carbonyl (C=O) groups excluding carboxylic acids is 1. The molecule has 0 fully saturated rings. The number of aromatic nitrogens is 1. The Balaban J connectivity index is 2.40. The van der Waals surface area contributed by atoms with Crippen LogP contribution in [0, 0.1) is 11.8 Å². The molecule has 1 aromatic heterocycles. The van der Waals surface area contributed by atoms with Gasteiger partial charge in [-0.3, -0.25) is 4.79 Å². The van der Waals surface area contributed by atoms with E-state index in [1.165, 1.54) is 6.20 Å². The summed E-state index contributed by atoms with van der Waals surface area (Å²) < 4.78 is 5.17. The van der Waals surface area contributed by atoms with Gasteiger partial charge in [0, 0.05) is 31.5 Å². The molecule has 0 radical (unpaired) electrons. The first-order valence-corrected chi connectivity index (χ1v) is 6.19. The zero-order valence-corrected chi connectivity index (χ0v) is 11.0. The summed E-state index contributed by atoms with van der Waals surface area (Å²) in [6.07, 6.45) is 2.29. The molecule has 1 aromatic rings. The number of carbonyl (C=O) groups is 1. The molecule has 5 heteroatoms. The molecule has 0 aliphatic heterocycles. The van der Waals surface area contributed by atoms with E-state index in [9.17, 15) is 4.79 Å². The molecule has 0 saturated heterocycles. The number of pyridine rings is 1. The van der Waals surface area contributed by atoms with Crippen LogP contribution in [-0.2, 0) is 4.74 Å². The summed E-state index contributed by atoms with van der Waals surface area (Å²) in [6, 6.07) is 3.31. The molecule has 0 bridgehead atoms. The first-order valence-electron chi connectivity index (χ1n) is 6.19. The fourth-order valence-corrected chi connectivity index (χ4v) is 1.35. The molecule has 0 aliphatic rings. The Morgan fingerprint density at radius 2 is 2.37 bits per heavy atom. The lowest BCUT2D eigenvalue weighted by Crippen LogP contribution is -2.26. The second-order valence-electron chi connectivity index (χ2n) is 3.70. The van der Waals surface area contributed by atoms with Crippen molar-refractivity contribution >= 4 is 5.91 Å². The van der Waals surface area contributed by atoms with Crippen molar-refractivity contribution in [3.8, 4) is 11.8 Å². The predicted octanol–water partition coefficient (Wildman–Crippen LogP) is 0.582. The summed E-state index contributed by atoms with van der Waals surface area (Å²) in [4.78, 5) is 15.7. The third kappa shape index (κ3) is 6.00. The fraction of sp³-hybridized carbons (Fsp3) is 0.429. The summed E-state index contributed by atoms with van der Waals surface area (Å²) in [7, 11) is 0. The first-order chi connectivity index (χ1) is 9.27. The SMILES string of the molecule is CCOCCCNC(=O)c1ccc(C#CCO)cn1. The van der Waals surface area contributed by atoms with E-state index < -0.39 is 0 Å². The van der Waals surface area contributed by atoms with Crippen molar-refractivity contribution < 1.29 is 14.6 Å². The van der Waals surface area contributed by atoms with Gasteiger partial charge in [-0.1, -0.05) is 11.8 Å². The van der Waals surface area contributed by atoms with E-state index in [0.29, 0.717) is 31.0 Å². The van der Waals surface area contributed by atoms with Gasteiger partial charge in [0.25, 0.3) is 5.91 Å². The second kappa shape index (κ2) is 9.09. The molecule has 0 unspecified atom stereocenters. The van der Waals surface area contributed by atoms with Crippen molar-refractivity contribution in [3.63, 3.8) is 0 Å². The van der Waals surface area contributed by atoms with Crippen LogP contribution in [0.1, 0.15) is 29.4 Å². The fourth-order valence-electron chi connectivity index (χ4n) is 1.35. The Morgan fingerprint density at radius 1 is 1.53 bits per heavy atom. The van der Waals surface area contributed by atoms with Crippen LogP contribution in [0.5, 0.6) is 0 Å². The quantitative estimate of drug-likeness (QED) is 0.581. The zero-order chi connectivity index (χ0) is 13.9. The topological polar surface area (TPSA) is 71.5 Å². The Morgan fingerprint density at radius 3 is 3.00 bits per heavy atom. The highest BCUT2D eigenvalue weighted by atomic mass is 16.5. The molecule has 1 heterocycles. The largest absolute Gasteiger partial charge is 0.384 e. The summed E-state index contributed by atoms with van der Waals surface area (Å²) in [5.74, 6) is 5.02. The summed E-state index contributed by atoms with van der Waals surface area (Å²) >= 11 is 0. The molecule has 0 atom stereocenters. The van der Waals surface area contributed by atoms with Crippen LogP contribution in [0.2, 0.25) is 0 Å². The van der Waals surface area contributed by atoms with Gasteiger partial charge in [0.1, 0.15) is 12.3 Å². The van der Waals surface area contributed by atoms with Crippen molar-refractivity contribution in [2.75, 3.05) is 26.4 Å². The highest BCUT2D eigenvalue weighted by Gasteiger charge is 2.05. The summed E-state index contributed by atoms with van der Waals surface area (Å²) in [6.45, 7) is 3.63. The van der Waals surface area contributed by atoms with Crippen LogP contribution >= 0.6 is 0 Å². The third-order valence-corrected chi connectivity index (χ3v) is 2.26. The van der Waals surface area contributed by atoms with Crippen LogP contribution in [0.15, 0.2) is 18.3 Å². The van der Waals surface area contributed by atoms with Crippen LogP contribution in [0.25, 0.3) is 0 Å². The van der Waals surface area contributed by atoms with Crippen LogP contribution in [0.4, 0.5) is 0 Å². The minimum atomic E-state index is -0.210. The number of hydrogen-bond acceptors (Lipinski definition) is 4. The monoisotopic (exact) mass is 262 g/mol. The number of ether oxygens (including phenoxy) is 1. The van der Waals surface area contributed by atoms with Crippen molar-refractivity contribution in [1.29, 1.82) is 0 Å². The molecule has 0 spiro atoms. The molecular weight excluding hydrogens is 244 g/mol. The zero-order valence-electron chi connectivity index (χ0n) is 11.0. The molecule has 5 nitrogen and oxygen atoms in total. The van der Waals surface area contributed by atoms with E-state index in [1.54, 1.807) is 12.1 Å². The maximum absolute atomic E-state index is 11.7. The second-order valence-corrected chi connectivity index (χ2v) is 3.70. The molecular formula is C14H18N2O3. The molecule has 19 heavy (non-hydrogen) atoms. The van der Waals surface area contributed by atoms with E-state index in [4.69, 9.17) is 9.84 Å². The van der Waals surface area contributed by atoms with Gasteiger partial charge in [-0.05, 0) is 25.5 Å². The molecule has 1 rings (SSSR count). The molecule has 0 saturated carbocycles. The highest BCUT2D eigenvalue weighted by molar-refractivity contribution is 5.92. The lowest BCUT2D eigenvalue weighted by atomic mass is 10.2. The van der Waals surface area contributed by atoms with Crippen LogP contribution in [-0.4, -0.2) is 42.4 Å². The van der Waals surface area contributed by atoms with Gasteiger partial charge in [0.2, 0.25) is 0 Å². The Labute approximate surface area is 113 Å². The van der Waals surface area contributed by atoms with Gasteiger partial charge in [0.15, 0.2) is 0 Å². The minimum Gasteiger partial charge on any atom is -0.384 e. The maximum Gasteiger partial charge on any atom is 0.269 e. The standard InChI is InChI=1S/C14H18N2O3/c1-2-19-10-4-8-15-14(18)13-7-6-12(11-16-13)5-3-9-17/h6-7,11,17H,2,4,8-10H2,1H3,(H,15,18). The van der Waals surface area contributed by atoms with Gasteiger partial charge >= 0.3 is 0 Å². The van der Waals surface area contributed by atoms with Crippen molar-refractivity contribution in [3.05, 3.63) is 29.6 Å². The molecule has 0 aliphatic carbocycles. The van der Waals surface area contributed by atoms with Gasteiger partial charge in [0.05, 0.1) is 0 Å². The number of nitrogens with zero attached hydrogens (tertiary/aromatic N) is 1. The van der Waals surface area contributed by atoms with E-state index in [0.717, 1.165) is 6.42 Å². The Kier molecular flexibility index (Phi) is 7.25. The number of aliphatic hydroxyl groups excluding tert-OH is 1.